The number of sulfone groups is 1. The fourth-order valence-electron chi connectivity index (χ4n) is 3.79. The first kappa shape index (κ1) is 25.1. The van der Waals surface area contributed by atoms with Crippen molar-refractivity contribution in [2.75, 3.05) is 24.2 Å². The number of thiazole rings is 1. The van der Waals surface area contributed by atoms with E-state index in [1.165, 1.54) is 0 Å². The van der Waals surface area contributed by atoms with Gasteiger partial charge in [0.15, 0.2) is 20.7 Å². The number of aliphatic carboxylic acids is 1. The van der Waals surface area contributed by atoms with E-state index >= 15 is 0 Å². The van der Waals surface area contributed by atoms with Crippen molar-refractivity contribution in [2.45, 2.75) is 49.5 Å². The van der Waals surface area contributed by atoms with Crippen LogP contribution in [-0.4, -0.2) is 60.4 Å². The maximum Gasteiger partial charge on any atom is 0.323 e. The number of amides is 2. The summed E-state index contributed by atoms with van der Waals surface area (Å²) in [6.07, 6.45) is 4.93. The molecule has 2 amide bonds. The maximum atomic E-state index is 13.1. The van der Waals surface area contributed by atoms with Crippen LogP contribution in [0, 0.1) is 5.92 Å². The van der Waals surface area contributed by atoms with Crippen LogP contribution in [0.3, 0.4) is 0 Å². The van der Waals surface area contributed by atoms with Crippen LogP contribution in [0.1, 0.15) is 38.2 Å². The molecule has 3 rings (SSSR count). The number of carboxylic acids is 1. The van der Waals surface area contributed by atoms with E-state index in [0.717, 1.165) is 48.8 Å². The van der Waals surface area contributed by atoms with Crippen LogP contribution in [-0.2, 0) is 26.0 Å². The van der Waals surface area contributed by atoms with Crippen molar-refractivity contribution < 1.29 is 27.9 Å². The third-order valence-corrected chi connectivity index (χ3v) is 8.66. The fraction of sp³-hybridized carbons (Fsp3) is 0.500. The van der Waals surface area contributed by atoms with Gasteiger partial charge in [-0.1, -0.05) is 48.6 Å². The Balaban J connectivity index is 1.63. The molecular weight excluding hydrogens is 466 g/mol. The molecule has 1 aromatic heterocycles. The molecule has 180 valence electrons. The number of carboxylic acid groups (broad SMARTS) is 1. The topological polar surface area (TPSA) is 126 Å². The predicted molar refractivity (Wildman–Crippen MR) is 125 cm³/mol. The molecule has 1 saturated carbocycles. The number of carbonyl (C=O) groups is 2. The van der Waals surface area contributed by atoms with Crippen LogP contribution in [0.25, 0.3) is 0 Å². The van der Waals surface area contributed by atoms with Gasteiger partial charge in [-0.25, -0.2) is 18.2 Å². The van der Waals surface area contributed by atoms with Gasteiger partial charge in [-0.15, -0.1) is 0 Å². The molecule has 9 nitrogen and oxygen atoms in total. The van der Waals surface area contributed by atoms with E-state index in [0.29, 0.717) is 25.7 Å². The molecule has 0 radical (unpaired) electrons. The SMILES string of the molecule is CC1CCC(N(CCOCc2ccccc2)C(=O)Nc2ncc(S(=O)(=O)CC(=O)O)s2)CC1. The molecule has 33 heavy (non-hydrogen) atoms. The molecule has 1 aliphatic rings. The summed E-state index contributed by atoms with van der Waals surface area (Å²) < 4.78 is 29.8. The number of urea groups is 1. The van der Waals surface area contributed by atoms with Crippen LogP contribution in [0.5, 0.6) is 0 Å². The van der Waals surface area contributed by atoms with Gasteiger partial charge < -0.3 is 14.7 Å². The molecular formula is C22H29N3O6S2. The van der Waals surface area contributed by atoms with Crippen molar-refractivity contribution >= 4 is 38.3 Å². The van der Waals surface area contributed by atoms with E-state index in [4.69, 9.17) is 9.84 Å². The summed E-state index contributed by atoms with van der Waals surface area (Å²) in [7, 11) is -3.99. The van der Waals surface area contributed by atoms with Crippen molar-refractivity contribution in [1.29, 1.82) is 0 Å². The molecule has 2 aromatic rings. The molecule has 1 aliphatic carbocycles. The van der Waals surface area contributed by atoms with Crippen molar-refractivity contribution in [3.8, 4) is 0 Å². The second kappa shape index (κ2) is 11.6. The largest absolute Gasteiger partial charge is 0.480 e. The lowest BCUT2D eigenvalue weighted by molar-refractivity contribution is -0.134. The maximum absolute atomic E-state index is 13.1. The number of anilines is 1. The molecule has 0 unspecified atom stereocenters. The Morgan fingerprint density at radius 3 is 2.58 bits per heavy atom. The lowest BCUT2D eigenvalue weighted by Gasteiger charge is -2.36. The van der Waals surface area contributed by atoms with Crippen LogP contribution in [0.15, 0.2) is 40.7 Å². The molecule has 11 heteroatoms. The highest BCUT2D eigenvalue weighted by Gasteiger charge is 2.29. The Morgan fingerprint density at radius 2 is 1.91 bits per heavy atom. The highest BCUT2D eigenvalue weighted by molar-refractivity contribution is 7.94. The fourth-order valence-corrected chi connectivity index (χ4v) is 5.93. The molecule has 1 fully saturated rings. The minimum atomic E-state index is -3.99. The Morgan fingerprint density at radius 1 is 1.21 bits per heavy atom. The predicted octanol–water partition coefficient (Wildman–Crippen LogP) is 3.63. The smallest absolute Gasteiger partial charge is 0.323 e. The average molecular weight is 496 g/mol. The number of nitrogens with one attached hydrogen (secondary N) is 1. The summed E-state index contributed by atoms with van der Waals surface area (Å²) in [5, 5.41) is 11.6. The van der Waals surface area contributed by atoms with E-state index in [1.54, 1.807) is 4.90 Å². The number of aromatic nitrogens is 1. The van der Waals surface area contributed by atoms with Crippen molar-refractivity contribution in [1.82, 2.24) is 9.88 Å². The minimum Gasteiger partial charge on any atom is -0.480 e. The van der Waals surface area contributed by atoms with Gasteiger partial charge in [0.05, 0.1) is 19.4 Å². The number of carbonyl (C=O) groups excluding carboxylic acids is 1. The Kier molecular flexibility index (Phi) is 8.81. The van der Waals surface area contributed by atoms with Crippen molar-refractivity contribution in [3.05, 3.63) is 42.1 Å². The summed E-state index contributed by atoms with van der Waals surface area (Å²) in [4.78, 5) is 29.6. The number of nitrogens with zero attached hydrogens (tertiary/aromatic N) is 2. The number of ether oxygens (including phenoxy) is 1. The Labute approximate surface area is 197 Å². The molecule has 0 atom stereocenters. The highest BCUT2D eigenvalue weighted by atomic mass is 32.2. The summed E-state index contributed by atoms with van der Waals surface area (Å²) in [6, 6.07) is 9.49. The van der Waals surface area contributed by atoms with Crippen molar-refractivity contribution in [3.63, 3.8) is 0 Å². The lowest BCUT2D eigenvalue weighted by atomic mass is 9.86. The average Bonchev–Trinajstić information content (AvgIpc) is 3.24. The van der Waals surface area contributed by atoms with E-state index in [9.17, 15) is 18.0 Å². The molecule has 0 spiro atoms. The van der Waals surface area contributed by atoms with Gasteiger partial charge in [0.25, 0.3) is 0 Å². The van der Waals surface area contributed by atoms with Crippen LogP contribution >= 0.6 is 11.3 Å². The van der Waals surface area contributed by atoms with Gasteiger partial charge in [-0.3, -0.25) is 10.1 Å². The van der Waals surface area contributed by atoms with Crippen LogP contribution in [0.2, 0.25) is 0 Å². The minimum absolute atomic E-state index is 0.0664. The Hall–Kier alpha value is -2.50. The monoisotopic (exact) mass is 495 g/mol. The normalized spacial score (nSPS) is 18.6. The molecule has 0 saturated heterocycles. The second-order valence-corrected chi connectivity index (χ2v) is 11.5. The van der Waals surface area contributed by atoms with Crippen molar-refractivity contribution in [2.24, 2.45) is 5.92 Å². The third kappa shape index (κ3) is 7.51. The van der Waals surface area contributed by atoms with Gasteiger partial charge >= 0.3 is 12.0 Å². The van der Waals surface area contributed by atoms with Gasteiger partial charge in [0, 0.05) is 12.6 Å². The number of rotatable bonds is 10. The zero-order chi connectivity index (χ0) is 23.8. The quantitative estimate of drug-likeness (QED) is 0.482. The summed E-state index contributed by atoms with van der Waals surface area (Å²) in [5.74, 6) is -1.84. The number of hydrogen-bond donors (Lipinski definition) is 2. The standard InChI is InChI=1S/C22H29N3O6S2/c1-16-7-9-18(10-8-16)25(11-12-31-14-17-5-3-2-4-6-17)22(28)24-21-23-13-20(32-21)33(29,30)15-19(26)27/h2-6,13,16,18H,7-12,14-15H2,1H3,(H,26,27)(H,23,24,28). The lowest BCUT2D eigenvalue weighted by Crippen LogP contribution is -2.46. The Bertz CT molecular complexity index is 1030. The molecule has 0 bridgehead atoms. The van der Waals surface area contributed by atoms with Gasteiger partial charge in [-0.2, -0.15) is 0 Å². The van der Waals surface area contributed by atoms with Gasteiger partial charge in [0.2, 0.25) is 0 Å². The molecule has 1 heterocycles. The van der Waals surface area contributed by atoms with Crippen LogP contribution in [0.4, 0.5) is 9.93 Å². The highest BCUT2D eigenvalue weighted by Crippen LogP contribution is 2.29. The molecule has 1 aromatic carbocycles. The first-order chi connectivity index (χ1) is 15.7. The van der Waals surface area contributed by atoms with Crippen LogP contribution < -0.4 is 5.32 Å². The third-order valence-electron chi connectivity index (χ3n) is 5.59. The molecule has 0 aliphatic heterocycles. The number of benzene rings is 1. The summed E-state index contributed by atoms with van der Waals surface area (Å²) >= 11 is 0.748. The zero-order valence-corrected chi connectivity index (χ0v) is 20.1. The van der Waals surface area contributed by atoms with E-state index < -0.39 is 21.6 Å². The second-order valence-electron chi connectivity index (χ2n) is 8.21. The van der Waals surface area contributed by atoms with Gasteiger partial charge in [0.1, 0.15) is 4.21 Å². The zero-order valence-electron chi connectivity index (χ0n) is 18.5. The number of hydrogen-bond acceptors (Lipinski definition) is 7. The first-order valence-electron chi connectivity index (χ1n) is 10.8. The van der Waals surface area contributed by atoms with E-state index in [2.05, 4.69) is 17.2 Å². The first-order valence-corrected chi connectivity index (χ1v) is 13.3. The van der Waals surface area contributed by atoms with Gasteiger partial charge in [-0.05, 0) is 37.2 Å². The molecule has 2 N–H and O–H groups in total. The summed E-state index contributed by atoms with van der Waals surface area (Å²) in [5.41, 5.74) is 1.05. The summed E-state index contributed by atoms with van der Waals surface area (Å²) in [6.45, 7) is 3.42. The van der Waals surface area contributed by atoms with E-state index in [1.807, 2.05) is 30.3 Å². The van der Waals surface area contributed by atoms with E-state index in [-0.39, 0.29) is 21.4 Å².